The molecule has 5 nitrogen and oxygen atoms in total. The lowest BCUT2D eigenvalue weighted by atomic mass is 10.2. The number of hydrogen-bond acceptors (Lipinski definition) is 4. The zero-order valence-corrected chi connectivity index (χ0v) is 18.0. The molecule has 1 aromatic heterocycles. The third kappa shape index (κ3) is 6.25. The molecule has 0 atom stereocenters. The van der Waals surface area contributed by atoms with Crippen LogP contribution in [-0.2, 0) is 16.6 Å². The van der Waals surface area contributed by atoms with Gasteiger partial charge < -0.3 is 4.74 Å². The lowest BCUT2D eigenvalue weighted by Crippen LogP contribution is -2.37. The van der Waals surface area contributed by atoms with Crippen LogP contribution in [0.4, 0.5) is 18.9 Å². The van der Waals surface area contributed by atoms with Crippen molar-refractivity contribution >= 4 is 38.9 Å². The highest BCUT2D eigenvalue weighted by molar-refractivity contribution is 7.92. The Bertz CT molecular complexity index is 1120. The molecule has 11 heteroatoms. The Kier molecular flexibility index (Phi) is 6.98. The molecule has 0 spiro atoms. The second kappa shape index (κ2) is 9.33. The van der Waals surface area contributed by atoms with Crippen LogP contribution in [0.25, 0.3) is 0 Å². The summed E-state index contributed by atoms with van der Waals surface area (Å²) in [6.45, 7) is -0.317. The maximum absolute atomic E-state index is 12.9. The predicted molar refractivity (Wildman–Crippen MR) is 113 cm³/mol. The molecule has 0 aliphatic heterocycles. The molecule has 0 fully saturated rings. The van der Waals surface area contributed by atoms with Gasteiger partial charge in [0.25, 0.3) is 0 Å². The van der Waals surface area contributed by atoms with E-state index in [0.717, 1.165) is 0 Å². The summed E-state index contributed by atoms with van der Waals surface area (Å²) in [7, 11) is -4.72. The van der Waals surface area contributed by atoms with Crippen molar-refractivity contribution in [2.24, 2.45) is 0 Å². The van der Waals surface area contributed by atoms with Crippen molar-refractivity contribution in [1.29, 1.82) is 0 Å². The van der Waals surface area contributed by atoms with Gasteiger partial charge in [-0.3, -0.25) is 9.29 Å². The number of benzene rings is 2. The van der Waals surface area contributed by atoms with Gasteiger partial charge in [-0.1, -0.05) is 35.3 Å². The monoisotopic (exact) mass is 490 g/mol. The van der Waals surface area contributed by atoms with Crippen LogP contribution in [0.1, 0.15) is 5.56 Å². The molecule has 3 rings (SSSR count). The van der Waals surface area contributed by atoms with Crippen LogP contribution in [-0.4, -0.2) is 25.3 Å². The van der Waals surface area contributed by atoms with E-state index in [-0.39, 0.29) is 33.8 Å². The van der Waals surface area contributed by atoms with Gasteiger partial charge in [-0.2, -0.15) is 13.2 Å². The van der Waals surface area contributed by atoms with Crippen molar-refractivity contribution in [2.75, 3.05) is 10.1 Å². The van der Waals surface area contributed by atoms with Gasteiger partial charge in [-0.25, -0.2) is 8.42 Å². The van der Waals surface area contributed by atoms with Gasteiger partial charge in [0.2, 0.25) is 10.0 Å². The van der Waals surface area contributed by atoms with Crippen LogP contribution < -0.4 is 9.04 Å². The molecule has 3 aromatic rings. The quantitative estimate of drug-likeness (QED) is 0.402. The van der Waals surface area contributed by atoms with E-state index < -0.39 is 22.0 Å². The molecule has 0 N–H and O–H groups in total. The standard InChI is InChI=1S/C20H15Cl2F3N2O3S/c21-17-4-1-5-18(22)19(17)30-16-8-6-15(7-9-16)27(12-14-3-2-10-26-11-14)31(28,29)13-20(23,24)25/h1-11H,12-13H2. The Morgan fingerprint density at radius 1 is 0.968 bits per heavy atom. The normalized spacial score (nSPS) is 11.9. The van der Waals surface area contributed by atoms with Crippen molar-refractivity contribution < 1.29 is 26.3 Å². The van der Waals surface area contributed by atoms with Crippen molar-refractivity contribution in [1.82, 2.24) is 4.98 Å². The summed E-state index contributed by atoms with van der Waals surface area (Å²) in [4.78, 5) is 3.88. The molecular weight excluding hydrogens is 476 g/mol. The van der Waals surface area contributed by atoms with Crippen LogP contribution in [0.3, 0.4) is 0 Å². The van der Waals surface area contributed by atoms with Crippen molar-refractivity contribution in [3.63, 3.8) is 0 Å². The zero-order valence-electron chi connectivity index (χ0n) is 15.7. The number of halogens is 5. The molecule has 1 heterocycles. The van der Waals surface area contributed by atoms with Gasteiger partial charge in [0.05, 0.1) is 22.3 Å². The third-order valence-electron chi connectivity index (χ3n) is 3.99. The minimum absolute atomic E-state index is 0.0331. The highest BCUT2D eigenvalue weighted by atomic mass is 35.5. The molecule has 31 heavy (non-hydrogen) atoms. The van der Waals surface area contributed by atoms with Crippen molar-refractivity contribution in [2.45, 2.75) is 12.7 Å². The Morgan fingerprint density at radius 2 is 1.61 bits per heavy atom. The maximum Gasteiger partial charge on any atom is 0.404 e. The molecule has 0 saturated carbocycles. The van der Waals surface area contributed by atoms with Crippen molar-refractivity contribution in [3.05, 3.63) is 82.6 Å². The molecule has 0 saturated heterocycles. The number of aromatic nitrogens is 1. The number of hydrogen-bond donors (Lipinski definition) is 0. The minimum atomic E-state index is -4.89. The fraction of sp³-hybridized carbons (Fsp3) is 0.150. The molecule has 0 radical (unpaired) electrons. The summed E-state index contributed by atoms with van der Waals surface area (Å²) in [5, 5.41) is 0.532. The molecule has 0 amide bonds. The molecule has 0 aliphatic carbocycles. The average Bonchev–Trinajstić information content (AvgIpc) is 2.69. The van der Waals surface area contributed by atoms with Gasteiger partial charge in [-0.05, 0) is 48.0 Å². The van der Waals surface area contributed by atoms with Crippen LogP contribution in [0.5, 0.6) is 11.5 Å². The Labute approximate surface area is 187 Å². The zero-order chi connectivity index (χ0) is 22.6. The largest absolute Gasteiger partial charge is 0.454 e. The van der Waals surface area contributed by atoms with E-state index in [4.69, 9.17) is 27.9 Å². The lowest BCUT2D eigenvalue weighted by molar-refractivity contribution is -0.106. The van der Waals surface area contributed by atoms with E-state index in [1.54, 1.807) is 30.3 Å². The maximum atomic E-state index is 12.9. The number of rotatable bonds is 7. The molecular formula is C20H15Cl2F3N2O3S. The predicted octanol–water partition coefficient (Wildman–Crippen LogP) is 6.08. The number of pyridine rings is 1. The van der Waals surface area contributed by atoms with E-state index in [2.05, 4.69) is 4.98 Å². The second-order valence-electron chi connectivity index (χ2n) is 6.39. The summed E-state index contributed by atoms with van der Waals surface area (Å²) >= 11 is 12.1. The summed E-state index contributed by atoms with van der Waals surface area (Å²) in [6, 6.07) is 13.4. The molecule has 0 bridgehead atoms. The van der Waals surface area contributed by atoms with Gasteiger partial charge in [-0.15, -0.1) is 0 Å². The van der Waals surface area contributed by atoms with Crippen LogP contribution in [0.15, 0.2) is 67.0 Å². The second-order valence-corrected chi connectivity index (χ2v) is 9.09. The first kappa shape index (κ1) is 23.2. The summed E-state index contributed by atoms with van der Waals surface area (Å²) in [6.07, 6.45) is -2.03. The van der Waals surface area contributed by atoms with Crippen molar-refractivity contribution in [3.8, 4) is 11.5 Å². The smallest absolute Gasteiger partial charge is 0.404 e. The highest BCUT2D eigenvalue weighted by Crippen LogP contribution is 2.37. The number of nitrogens with zero attached hydrogens (tertiary/aromatic N) is 2. The SMILES string of the molecule is O=S(=O)(CC(F)(F)F)N(Cc1cccnc1)c1ccc(Oc2c(Cl)cccc2Cl)cc1. The summed E-state index contributed by atoms with van der Waals surface area (Å²) < 4.78 is 70.0. The Morgan fingerprint density at radius 3 is 2.16 bits per heavy atom. The molecule has 0 unspecified atom stereocenters. The van der Waals surface area contributed by atoms with E-state index in [9.17, 15) is 21.6 Å². The topological polar surface area (TPSA) is 59.5 Å². The fourth-order valence-corrected chi connectivity index (χ4v) is 4.50. The van der Waals surface area contributed by atoms with E-state index >= 15 is 0 Å². The molecule has 2 aromatic carbocycles. The number of ether oxygens (including phenoxy) is 1. The number of alkyl halides is 3. The molecule has 0 aliphatic rings. The van der Waals surface area contributed by atoms with Crippen LogP contribution in [0.2, 0.25) is 10.0 Å². The molecule has 164 valence electrons. The lowest BCUT2D eigenvalue weighted by Gasteiger charge is -2.25. The Hall–Kier alpha value is -2.49. The number of sulfonamides is 1. The average molecular weight is 491 g/mol. The highest BCUT2D eigenvalue weighted by Gasteiger charge is 2.38. The van der Waals surface area contributed by atoms with Crippen LogP contribution >= 0.6 is 23.2 Å². The first-order chi connectivity index (χ1) is 14.5. The van der Waals surface area contributed by atoms with Gasteiger partial charge >= 0.3 is 6.18 Å². The van der Waals surface area contributed by atoms with Gasteiger partial charge in [0, 0.05) is 12.4 Å². The first-order valence-electron chi connectivity index (χ1n) is 8.73. The van der Waals surface area contributed by atoms with Gasteiger partial charge in [0.1, 0.15) is 5.75 Å². The first-order valence-corrected chi connectivity index (χ1v) is 11.1. The fourth-order valence-electron chi connectivity index (χ4n) is 2.67. The Balaban J connectivity index is 1.92. The third-order valence-corrected chi connectivity index (χ3v) is 6.29. The number of anilines is 1. The summed E-state index contributed by atoms with van der Waals surface area (Å²) in [5.74, 6) is -1.52. The van der Waals surface area contributed by atoms with Crippen LogP contribution in [0, 0.1) is 0 Å². The summed E-state index contributed by atoms with van der Waals surface area (Å²) in [5.41, 5.74) is 0.460. The number of para-hydroxylation sites is 1. The van der Waals surface area contributed by atoms with E-state index in [0.29, 0.717) is 9.87 Å². The van der Waals surface area contributed by atoms with Gasteiger partial charge in [0.15, 0.2) is 11.5 Å². The minimum Gasteiger partial charge on any atom is -0.454 e. The van der Waals surface area contributed by atoms with E-state index in [1.165, 1.54) is 36.7 Å². The van der Waals surface area contributed by atoms with E-state index in [1.807, 2.05) is 0 Å².